The lowest BCUT2D eigenvalue weighted by Crippen LogP contribution is -2.14. The van der Waals surface area contributed by atoms with Crippen molar-refractivity contribution in [2.75, 3.05) is 0 Å². The first-order valence-electron chi connectivity index (χ1n) is 4.34. The summed E-state index contributed by atoms with van der Waals surface area (Å²) in [5.74, 6) is 0.832. The second-order valence-electron chi connectivity index (χ2n) is 3.23. The van der Waals surface area contributed by atoms with Gasteiger partial charge in [0.1, 0.15) is 0 Å². The molecule has 1 fully saturated rings. The Hall–Kier alpha value is -1.33. The molecule has 0 unspecified atom stereocenters. The van der Waals surface area contributed by atoms with Gasteiger partial charge in [0.2, 0.25) is 6.08 Å². The Morgan fingerprint density at radius 3 is 2.23 bits per heavy atom. The van der Waals surface area contributed by atoms with E-state index in [1.165, 1.54) is 12.8 Å². The summed E-state index contributed by atoms with van der Waals surface area (Å²) in [7, 11) is 0. The van der Waals surface area contributed by atoms with E-state index in [9.17, 15) is 4.79 Å². The van der Waals surface area contributed by atoms with Crippen molar-refractivity contribution in [1.82, 2.24) is 0 Å². The van der Waals surface area contributed by atoms with Crippen LogP contribution in [0.15, 0.2) is 4.99 Å². The van der Waals surface area contributed by atoms with Crippen LogP contribution in [0.3, 0.4) is 0 Å². The van der Waals surface area contributed by atoms with Crippen LogP contribution in [-0.4, -0.2) is 17.2 Å². The summed E-state index contributed by atoms with van der Waals surface area (Å²) in [5, 5.41) is 13.8. The standard InChI is InChI=1S/C8H13NO.CHNO/c1-7-2-4-8(5-3-7)9-6-10;2-1-3/h7-8H,2-5H2,1H3;3H. The van der Waals surface area contributed by atoms with Crippen molar-refractivity contribution in [2.24, 2.45) is 10.9 Å². The Kier molecular flexibility index (Phi) is 6.58. The number of rotatable bonds is 1. The lowest BCUT2D eigenvalue weighted by molar-refractivity contribution is 0.348. The van der Waals surface area contributed by atoms with Gasteiger partial charge >= 0.3 is 0 Å². The third kappa shape index (κ3) is 5.89. The molecule has 1 N–H and O–H groups in total. The molecule has 1 saturated carbocycles. The van der Waals surface area contributed by atoms with E-state index in [2.05, 4.69) is 11.9 Å². The highest BCUT2D eigenvalue weighted by Gasteiger charge is 2.16. The number of nitriles is 1. The van der Waals surface area contributed by atoms with Crippen molar-refractivity contribution in [2.45, 2.75) is 38.6 Å². The molecule has 1 rings (SSSR count). The predicted molar refractivity (Wildman–Crippen MR) is 47.1 cm³/mol. The molecule has 0 saturated heterocycles. The van der Waals surface area contributed by atoms with E-state index < -0.39 is 0 Å². The molecule has 0 spiro atoms. The fourth-order valence-electron chi connectivity index (χ4n) is 1.45. The van der Waals surface area contributed by atoms with Gasteiger partial charge in [-0.1, -0.05) is 6.92 Å². The molecule has 0 atom stereocenters. The van der Waals surface area contributed by atoms with Gasteiger partial charge in [0.05, 0.1) is 6.04 Å². The van der Waals surface area contributed by atoms with Gasteiger partial charge in [0.25, 0.3) is 6.26 Å². The number of hydrogen-bond donors (Lipinski definition) is 1. The van der Waals surface area contributed by atoms with Crippen LogP contribution in [0.5, 0.6) is 0 Å². The summed E-state index contributed by atoms with van der Waals surface area (Å²) in [6.07, 6.45) is 6.97. The highest BCUT2D eigenvalue weighted by molar-refractivity contribution is 5.33. The van der Waals surface area contributed by atoms with Gasteiger partial charge in [0, 0.05) is 0 Å². The summed E-state index contributed by atoms with van der Waals surface area (Å²) in [6, 6.07) is 0.286. The second kappa shape index (κ2) is 7.33. The van der Waals surface area contributed by atoms with E-state index in [0.717, 1.165) is 25.0 Å². The first-order chi connectivity index (χ1) is 6.24. The molecule has 0 aromatic heterocycles. The SMILES string of the molecule is CC1CCC(N=C=O)CC1.N#CO. The minimum Gasteiger partial charge on any atom is -0.443 e. The average Bonchev–Trinajstić information content (AvgIpc) is 2.11. The number of isocyanates is 1. The van der Waals surface area contributed by atoms with Gasteiger partial charge in [-0.15, -0.1) is 0 Å². The molecule has 0 aromatic carbocycles. The molecule has 0 bridgehead atoms. The Balaban J connectivity index is 0.000000424. The van der Waals surface area contributed by atoms with Crippen LogP contribution < -0.4 is 0 Å². The van der Waals surface area contributed by atoms with Crippen molar-refractivity contribution in [3.63, 3.8) is 0 Å². The van der Waals surface area contributed by atoms with Gasteiger partial charge < -0.3 is 5.11 Å². The first kappa shape index (κ1) is 11.7. The zero-order chi connectivity index (χ0) is 10.1. The smallest absolute Gasteiger partial charge is 0.283 e. The zero-order valence-corrected chi connectivity index (χ0v) is 7.73. The summed E-state index contributed by atoms with van der Waals surface area (Å²) in [6.45, 7) is 2.25. The lowest BCUT2D eigenvalue weighted by Gasteiger charge is -2.21. The van der Waals surface area contributed by atoms with Crippen molar-refractivity contribution in [1.29, 1.82) is 5.26 Å². The number of aliphatic hydroxyl groups excluding tert-OH is 1. The third-order valence-electron chi connectivity index (χ3n) is 2.22. The minimum absolute atomic E-state index is 0.286. The molecule has 0 amide bonds. The maximum atomic E-state index is 9.86. The van der Waals surface area contributed by atoms with E-state index in [1.807, 2.05) is 0 Å². The average molecular weight is 182 g/mol. The molecule has 0 aliphatic heterocycles. The van der Waals surface area contributed by atoms with Crippen molar-refractivity contribution in [3.8, 4) is 6.26 Å². The number of aliphatic imine (C=N–C) groups is 1. The summed E-state index contributed by atoms with van der Waals surface area (Å²) >= 11 is 0. The van der Waals surface area contributed by atoms with E-state index in [-0.39, 0.29) is 6.04 Å². The monoisotopic (exact) mass is 182 g/mol. The molecule has 4 nitrogen and oxygen atoms in total. The van der Waals surface area contributed by atoms with Gasteiger partial charge in [-0.25, -0.2) is 9.79 Å². The van der Waals surface area contributed by atoms with Crippen LogP contribution in [-0.2, 0) is 4.79 Å². The summed E-state index contributed by atoms with van der Waals surface area (Å²) in [4.78, 5) is 13.6. The first-order valence-corrected chi connectivity index (χ1v) is 4.34. The fraction of sp³-hybridized carbons (Fsp3) is 0.778. The maximum Gasteiger partial charge on any atom is 0.283 e. The van der Waals surface area contributed by atoms with E-state index in [0.29, 0.717) is 0 Å². The number of carbonyl (C=O) groups excluding carboxylic acids is 1. The highest BCUT2D eigenvalue weighted by atomic mass is 16.2. The molecule has 1 aliphatic rings. The molecule has 0 aromatic rings. The quantitative estimate of drug-likeness (QED) is 0.381. The summed E-state index contributed by atoms with van der Waals surface area (Å²) in [5.41, 5.74) is 0. The van der Waals surface area contributed by atoms with Crippen LogP contribution in [0.4, 0.5) is 0 Å². The van der Waals surface area contributed by atoms with Gasteiger partial charge in [-0.05, 0) is 31.6 Å². The zero-order valence-electron chi connectivity index (χ0n) is 7.73. The molecular weight excluding hydrogens is 168 g/mol. The van der Waals surface area contributed by atoms with Gasteiger partial charge in [-0.3, -0.25) is 0 Å². The lowest BCUT2D eigenvalue weighted by atomic mass is 9.88. The number of aliphatic hydroxyl groups is 1. The molecule has 0 radical (unpaired) electrons. The van der Waals surface area contributed by atoms with Crippen molar-refractivity contribution in [3.05, 3.63) is 0 Å². The predicted octanol–water partition coefficient (Wildman–Crippen LogP) is 1.74. The van der Waals surface area contributed by atoms with Crippen LogP contribution >= 0.6 is 0 Å². The fourth-order valence-corrected chi connectivity index (χ4v) is 1.45. The van der Waals surface area contributed by atoms with Crippen LogP contribution in [0.2, 0.25) is 0 Å². The molecular formula is C9H14N2O2. The Morgan fingerprint density at radius 2 is 1.85 bits per heavy atom. The number of nitrogens with zero attached hydrogens (tertiary/aromatic N) is 2. The maximum absolute atomic E-state index is 9.86. The molecule has 1 aliphatic carbocycles. The minimum atomic E-state index is 0.286. The van der Waals surface area contributed by atoms with E-state index in [1.54, 1.807) is 6.08 Å². The van der Waals surface area contributed by atoms with Gasteiger partial charge in [-0.2, -0.15) is 5.26 Å². The molecule has 13 heavy (non-hydrogen) atoms. The number of hydrogen-bond acceptors (Lipinski definition) is 4. The van der Waals surface area contributed by atoms with E-state index >= 15 is 0 Å². The molecule has 4 heteroatoms. The topological polar surface area (TPSA) is 73.5 Å². The highest BCUT2D eigenvalue weighted by Crippen LogP contribution is 2.24. The molecule has 0 heterocycles. The van der Waals surface area contributed by atoms with Crippen molar-refractivity contribution >= 4 is 6.08 Å². The normalized spacial score (nSPS) is 25.8. The van der Waals surface area contributed by atoms with Gasteiger partial charge in [0.15, 0.2) is 0 Å². The Morgan fingerprint density at radius 1 is 1.38 bits per heavy atom. The second-order valence-corrected chi connectivity index (χ2v) is 3.23. The van der Waals surface area contributed by atoms with Crippen LogP contribution in [0, 0.1) is 17.4 Å². The van der Waals surface area contributed by atoms with Crippen LogP contribution in [0.1, 0.15) is 32.6 Å². The van der Waals surface area contributed by atoms with Crippen molar-refractivity contribution < 1.29 is 9.90 Å². The Labute approximate surface area is 77.9 Å². The van der Waals surface area contributed by atoms with E-state index in [4.69, 9.17) is 10.4 Å². The largest absolute Gasteiger partial charge is 0.443 e. The third-order valence-corrected chi connectivity index (χ3v) is 2.22. The Bertz CT molecular complexity index is 208. The van der Waals surface area contributed by atoms with Crippen LogP contribution in [0.25, 0.3) is 0 Å². The molecule has 72 valence electrons. The summed E-state index contributed by atoms with van der Waals surface area (Å²) < 4.78 is 0.